The molecule has 0 aliphatic carbocycles. The van der Waals surface area contributed by atoms with Crippen molar-refractivity contribution in [3.8, 4) is 23.3 Å². The van der Waals surface area contributed by atoms with E-state index in [2.05, 4.69) is 6.07 Å². The van der Waals surface area contributed by atoms with Crippen molar-refractivity contribution in [2.45, 2.75) is 5.60 Å². The Morgan fingerprint density at radius 2 is 1.97 bits per heavy atom. The zero-order valence-corrected chi connectivity index (χ0v) is 20.0. The van der Waals surface area contributed by atoms with Gasteiger partial charge in [0.1, 0.15) is 30.6 Å². The molecule has 3 aromatic rings. The van der Waals surface area contributed by atoms with Gasteiger partial charge in [0.15, 0.2) is 5.75 Å². The zero-order valence-electron chi connectivity index (χ0n) is 17.7. The highest BCUT2D eigenvalue weighted by Gasteiger charge is 2.46. The minimum atomic E-state index is -3.32. The first-order valence-electron chi connectivity index (χ1n) is 9.98. The van der Waals surface area contributed by atoms with E-state index in [0.717, 1.165) is 17.2 Å². The molecule has 2 aromatic carbocycles. The van der Waals surface area contributed by atoms with Crippen LogP contribution in [0.5, 0.6) is 11.5 Å². The van der Waals surface area contributed by atoms with Crippen molar-refractivity contribution in [2.75, 3.05) is 38.4 Å². The van der Waals surface area contributed by atoms with Crippen molar-refractivity contribution in [1.29, 1.82) is 5.26 Å². The smallest absolute Gasteiger partial charge is 0.211 e. The number of hydrogen-bond donors (Lipinski definition) is 1. The molecule has 174 valence electrons. The van der Waals surface area contributed by atoms with Gasteiger partial charge in [0.2, 0.25) is 10.0 Å². The summed E-state index contributed by atoms with van der Waals surface area (Å²) in [6.07, 6.45) is 2.96. The van der Waals surface area contributed by atoms with E-state index in [1.165, 1.54) is 4.31 Å². The lowest BCUT2D eigenvalue weighted by atomic mass is 9.99. The van der Waals surface area contributed by atoms with Crippen LogP contribution in [0.1, 0.15) is 5.56 Å². The summed E-state index contributed by atoms with van der Waals surface area (Å²) in [6.45, 7) is 0.246. The first kappa shape index (κ1) is 23.7. The highest BCUT2D eigenvalue weighted by Crippen LogP contribution is 2.34. The van der Waals surface area contributed by atoms with E-state index in [-0.39, 0.29) is 32.2 Å². The molecule has 0 amide bonds. The standard InChI is InChI=1S/C22H21Cl2N3O5S/c1-33(29,30)26-12-22(28,13-26)14-32-18-2-3-20-15(9-18)4-6-27(20)17-8-16(11-25)21(19(24)10-17)31-7-5-23/h2-4,6,8-10,28H,5,7,12-14H2,1H3. The average molecular weight is 510 g/mol. The van der Waals surface area contributed by atoms with E-state index in [4.69, 9.17) is 32.7 Å². The van der Waals surface area contributed by atoms with Gasteiger partial charge in [0.05, 0.1) is 28.2 Å². The number of nitrogens with zero attached hydrogens (tertiary/aromatic N) is 3. The van der Waals surface area contributed by atoms with E-state index < -0.39 is 15.6 Å². The van der Waals surface area contributed by atoms with Crippen LogP contribution in [-0.4, -0.2) is 66.4 Å². The van der Waals surface area contributed by atoms with E-state index in [1.807, 2.05) is 29.0 Å². The van der Waals surface area contributed by atoms with Crippen LogP contribution in [0.25, 0.3) is 16.6 Å². The molecule has 1 N–H and O–H groups in total. The minimum absolute atomic E-state index is 0.0110. The Morgan fingerprint density at radius 1 is 1.21 bits per heavy atom. The maximum Gasteiger partial charge on any atom is 0.211 e. The third-order valence-corrected chi connectivity index (χ3v) is 6.96. The lowest BCUT2D eigenvalue weighted by molar-refractivity contribution is -0.0865. The molecule has 1 fully saturated rings. The van der Waals surface area contributed by atoms with Crippen molar-refractivity contribution in [1.82, 2.24) is 8.87 Å². The lowest BCUT2D eigenvalue weighted by Gasteiger charge is -2.44. The van der Waals surface area contributed by atoms with E-state index in [1.54, 1.807) is 18.2 Å². The van der Waals surface area contributed by atoms with E-state index in [0.29, 0.717) is 27.8 Å². The number of rotatable bonds is 8. The molecule has 1 aliphatic rings. The maximum atomic E-state index is 11.5. The summed E-state index contributed by atoms with van der Waals surface area (Å²) < 4.78 is 37.3. The number of halogens is 2. The number of β-amino-alcohol motifs (C(OH)–C–C–N with tert-alkyl or cyclic N) is 1. The fourth-order valence-electron chi connectivity index (χ4n) is 3.68. The molecule has 33 heavy (non-hydrogen) atoms. The molecule has 2 heterocycles. The Morgan fingerprint density at radius 3 is 2.64 bits per heavy atom. The number of aromatic nitrogens is 1. The molecule has 0 saturated carbocycles. The molecule has 1 aromatic heterocycles. The molecular formula is C22H21Cl2N3O5S. The van der Waals surface area contributed by atoms with Gasteiger partial charge in [-0.1, -0.05) is 11.6 Å². The molecule has 0 atom stereocenters. The first-order chi connectivity index (χ1) is 15.6. The number of sulfonamides is 1. The fraction of sp³-hybridized carbons (Fsp3) is 0.318. The van der Waals surface area contributed by atoms with Crippen molar-refractivity contribution in [3.05, 3.63) is 53.2 Å². The molecule has 1 saturated heterocycles. The van der Waals surface area contributed by atoms with Crippen molar-refractivity contribution in [2.24, 2.45) is 0 Å². The van der Waals surface area contributed by atoms with Crippen LogP contribution in [0.3, 0.4) is 0 Å². The summed E-state index contributed by atoms with van der Waals surface area (Å²) in [5, 5.41) is 21.1. The second-order valence-electron chi connectivity index (χ2n) is 7.90. The van der Waals surface area contributed by atoms with E-state index in [9.17, 15) is 18.8 Å². The van der Waals surface area contributed by atoms with E-state index >= 15 is 0 Å². The van der Waals surface area contributed by atoms with Crippen LogP contribution in [0.4, 0.5) is 0 Å². The summed E-state index contributed by atoms with van der Waals surface area (Å²) in [5.74, 6) is 1.13. The van der Waals surface area contributed by atoms with Crippen LogP contribution >= 0.6 is 23.2 Å². The van der Waals surface area contributed by atoms with Gasteiger partial charge in [0.25, 0.3) is 0 Å². The Hall–Kier alpha value is -2.48. The lowest BCUT2D eigenvalue weighted by Crippen LogP contribution is -2.65. The number of benzene rings is 2. The van der Waals surface area contributed by atoms with Gasteiger partial charge in [-0.25, -0.2) is 8.42 Å². The summed E-state index contributed by atoms with van der Waals surface area (Å²) in [7, 11) is -3.32. The van der Waals surface area contributed by atoms with Gasteiger partial charge in [-0.05, 0) is 36.4 Å². The molecule has 0 radical (unpaired) electrons. The third-order valence-electron chi connectivity index (χ3n) is 5.33. The average Bonchev–Trinajstić information content (AvgIpc) is 3.17. The Kier molecular flexibility index (Phi) is 6.49. The summed E-state index contributed by atoms with van der Waals surface area (Å²) in [4.78, 5) is 0. The van der Waals surface area contributed by atoms with Crippen LogP contribution in [0.15, 0.2) is 42.6 Å². The molecule has 0 unspecified atom stereocenters. The van der Waals surface area contributed by atoms with Gasteiger partial charge in [-0.15, -0.1) is 11.6 Å². The Balaban J connectivity index is 1.53. The second-order valence-corrected chi connectivity index (χ2v) is 10.7. The van der Waals surface area contributed by atoms with Crippen LogP contribution in [-0.2, 0) is 10.0 Å². The topological polar surface area (TPSA) is 105 Å². The Bertz CT molecular complexity index is 1340. The normalized spacial score (nSPS) is 15.7. The fourth-order valence-corrected chi connectivity index (χ4v) is 4.97. The summed E-state index contributed by atoms with van der Waals surface area (Å²) >= 11 is 12.0. The van der Waals surface area contributed by atoms with Crippen LogP contribution < -0.4 is 9.47 Å². The minimum Gasteiger partial charge on any atom is -0.490 e. The number of fused-ring (bicyclic) bond motifs is 1. The number of nitriles is 1. The molecule has 0 bridgehead atoms. The largest absolute Gasteiger partial charge is 0.490 e. The van der Waals surface area contributed by atoms with Crippen molar-refractivity contribution < 1.29 is 23.0 Å². The molecular weight excluding hydrogens is 489 g/mol. The second kappa shape index (κ2) is 9.05. The number of ether oxygens (including phenoxy) is 2. The van der Waals surface area contributed by atoms with Gasteiger partial charge < -0.3 is 19.1 Å². The van der Waals surface area contributed by atoms with Gasteiger partial charge in [0, 0.05) is 30.4 Å². The molecule has 4 rings (SSSR count). The molecule has 0 spiro atoms. The highest BCUT2D eigenvalue weighted by atomic mass is 35.5. The van der Waals surface area contributed by atoms with Crippen LogP contribution in [0.2, 0.25) is 5.02 Å². The van der Waals surface area contributed by atoms with Crippen molar-refractivity contribution >= 4 is 44.1 Å². The maximum absolute atomic E-state index is 11.5. The number of hydrogen-bond acceptors (Lipinski definition) is 6. The quantitative estimate of drug-likeness (QED) is 0.467. The predicted molar refractivity (Wildman–Crippen MR) is 126 cm³/mol. The Labute approximate surface area is 201 Å². The first-order valence-corrected chi connectivity index (χ1v) is 12.7. The third kappa shape index (κ3) is 4.90. The molecule has 1 aliphatic heterocycles. The highest BCUT2D eigenvalue weighted by molar-refractivity contribution is 7.88. The molecule has 11 heteroatoms. The SMILES string of the molecule is CS(=O)(=O)N1CC(O)(COc2ccc3c(ccn3-c3cc(Cl)c(OCCCl)c(C#N)c3)c2)C1. The molecule has 8 nitrogen and oxygen atoms in total. The van der Waals surface area contributed by atoms with Crippen molar-refractivity contribution in [3.63, 3.8) is 0 Å². The van der Waals surface area contributed by atoms with Gasteiger partial charge in [-0.2, -0.15) is 9.57 Å². The van der Waals surface area contributed by atoms with Gasteiger partial charge >= 0.3 is 0 Å². The van der Waals surface area contributed by atoms with Gasteiger partial charge in [-0.3, -0.25) is 0 Å². The zero-order chi connectivity index (χ0) is 23.8. The monoisotopic (exact) mass is 509 g/mol. The summed E-state index contributed by atoms with van der Waals surface area (Å²) in [5.41, 5.74) is 0.661. The van der Waals surface area contributed by atoms with Crippen LogP contribution in [0, 0.1) is 11.3 Å². The number of aliphatic hydroxyl groups is 1. The predicted octanol–water partition coefficient (Wildman–Crippen LogP) is 3.16. The number of alkyl halides is 1. The summed E-state index contributed by atoms with van der Waals surface area (Å²) in [6, 6.07) is 12.9.